The minimum Gasteiger partial charge on any atom is -0.481 e. The maximum absolute atomic E-state index is 12.2. The topological polar surface area (TPSA) is 75.4 Å². The lowest BCUT2D eigenvalue weighted by Crippen LogP contribution is -2.38. The molecule has 0 fully saturated rings. The number of carboxylic acids is 1. The Morgan fingerprint density at radius 1 is 1.43 bits per heavy atom. The van der Waals surface area contributed by atoms with Crippen molar-refractivity contribution in [1.29, 1.82) is 0 Å². The van der Waals surface area contributed by atoms with E-state index in [0.717, 1.165) is 17.0 Å². The van der Waals surface area contributed by atoms with Crippen molar-refractivity contribution in [3.05, 3.63) is 23.0 Å². The maximum Gasteiger partial charge on any atom is 0.305 e. The van der Waals surface area contributed by atoms with Gasteiger partial charge in [-0.25, -0.2) is 0 Å². The van der Waals surface area contributed by atoms with Gasteiger partial charge in [0.25, 0.3) is 0 Å². The van der Waals surface area contributed by atoms with Crippen LogP contribution in [0.15, 0.2) is 6.08 Å². The first kappa shape index (κ1) is 16.9. The van der Waals surface area contributed by atoms with Crippen molar-refractivity contribution in [2.45, 2.75) is 40.2 Å². The van der Waals surface area contributed by atoms with Crippen LogP contribution in [0.3, 0.4) is 0 Å². The Balaban J connectivity index is 2.87. The molecule has 1 atom stereocenters. The fourth-order valence-corrected chi connectivity index (χ4v) is 2.33. The number of carbonyl (C=O) groups is 2. The van der Waals surface area contributed by atoms with E-state index in [1.807, 2.05) is 27.8 Å². The number of carbonyl (C=O) groups excluding carboxylic acids is 1. The van der Waals surface area contributed by atoms with E-state index in [9.17, 15) is 9.59 Å². The predicted molar refractivity (Wildman–Crippen MR) is 80.8 cm³/mol. The Bertz CT molecular complexity index is 561. The van der Waals surface area contributed by atoms with E-state index in [0.29, 0.717) is 6.54 Å². The number of aryl methyl sites for hydroxylation is 2. The SMILES string of the molecule is CCN(C(=O)C=Cc1c(C)nn(C)c1C)C(C)CC(=O)O. The molecule has 0 radical (unpaired) electrons. The summed E-state index contributed by atoms with van der Waals surface area (Å²) in [6.07, 6.45) is 3.17. The second kappa shape index (κ2) is 7.06. The highest BCUT2D eigenvalue weighted by atomic mass is 16.4. The van der Waals surface area contributed by atoms with Crippen molar-refractivity contribution in [2.24, 2.45) is 7.05 Å². The molecule has 21 heavy (non-hydrogen) atoms. The van der Waals surface area contributed by atoms with E-state index in [2.05, 4.69) is 5.10 Å². The molecule has 1 heterocycles. The molecule has 0 saturated carbocycles. The van der Waals surface area contributed by atoms with Crippen LogP contribution in [-0.2, 0) is 16.6 Å². The Hall–Kier alpha value is -2.11. The highest BCUT2D eigenvalue weighted by molar-refractivity contribution is 5.92. The van der Waals surface area contributed by atoms with Crippen molar-refractivity contribution >= 4 is 18.0 Å². The monoisotopic (exact) mass is 293 g/mol. The molecule has 0 saturated heterocycles. The molecule has 6 nitrogen and oxygen atoms in total. The number of rotatable bonds is 6. The minimum absolute atomic E-state index is 0.0572. The molecule has 0 aliphatic heterocycles. The molecule has 1 rings (SSSR count). The van der Waals surface area contributed by atoms with Gasteiger partial charge in [-0.15, -0.1) is 0 Å². The largest absolute Gasteiger partial charge is 0.481 e. The predicted octanol–water partition coefficient (Wildman–Crippen LogP) is 1.76. The Morgan fingerprint density at radius 3 is 2.48 bits per heavy atom. The number of hydrogen-bond donors (Lipinski definition) is 1. The molecule has 0 aliphatic carbocycles. The van der Waals surface area contributed by atoms with Crippen LogP contribution in [0.1, 0.15) is 37.2 Å². The van der Waals surface area contributed by atoms with Crippen LogP contribution in [0.5, 0.6) is 0 Å². The summed E-state index contributed by atoms with van der Waals surface area (Å²) < 4.78 is 1.77. The Labute approximate surface area is 125 Å². The molecule has 0 spiro atoms. The summed E-state index contributed by atoms with van der Waals surface area (Å²) in [4.78, 5) is 24.5. The molecule has 1 aromatic heterocycles. The van der Waals surface area contributed by atoms with Crippen LogP contribution in [0, 0.1) is 13.8 Å². The lowest BCUT2D eigenvalue weighted by Gasteiger charge is -2.25. The highest BCUT2D eigenvalue weighted by Crippen LogP contribution is 2.14. The van der Waals surface area contributed by atoms with Crippen molar-refractivity contribution < 1.29 is 14.7 Å². The van der Waals surface area contributed by atoms with Gasteiger partial charge < -0.3 is 10.0 Å². The zero-order valence-corrected chi connectivity index (χ0v) is 13.3. The lowest BCUT2D eigenvalue weighted by molar-refractivity contribution is -0.139. The van der Waals surface area contributed by atoms with Crippen molar-refractivity contribution in [3.63, 3.8) is 0 Å². The summed E-state index contributed by atoms with van der Waals surface area (Å²) >= 11 is 0. The molecule has 0 aliphatic rings. The number of amides is 1. The standard InChI is InChI=1S/C15H23N3O3/c1-6-18(10(2)9-15(20)21)14(19)8-7-13-11(3)16-17(5)12(13)4/h7-8,10H,6,9H2,1-5H3,(H,20,21). The average Bonchev–Trinajstić information content (AvgIpc) is 2.61. The van der Waals surface area contributed by atoms with E-state index in [4.69, 9.17) is 5.11 Å². The summed E-state index contributed by atoms with van der Waals surface area (Å²) in [6, 6.07) is -0.333. The number of hydrogen-bond acceptors (Lipinski definition) is 3. The molecule has 6 heteroatoms. The number of aliphatic carboxylic acids is 1. The van der Waals surface area contributed by atoms with E-state index >= 15 is 0 Å². The van der Waals surface area contributed by atoms with Gasteiger partial charge in [0, 0.05) is 37.0 Å². The lowest BCUT2D eigenvalue weighted by atomic mass is 10.1. The summed E-state index contributed by atoms with van der Waals surface area (Å²) in [5.74, 6) is -1.09. The van der Waals surface area contributed by atoms with Crippen molar-refractivity contribution in [2.75, 3.05) is 6.54 Å². The first-order chi connectivity index (χ1) is 9.77. The van der Waals surface area contributed by atoms with Crippen LogP contribution in [0.2, 0.25) is 0 Å². The normalized spacial score (nSPS) is 12.6. The third kappa shape index (κ3) is 4.18. The minimum atomic E-state index is -0.906. The van der Waals surface area contributed by atoms with Gasteiger partial charge in [0.15, 0.2) is 0 Å². The zero-order valence-electron chi connectivity index (χ0n) is 13.3. The van der Waals surface area contributed by atoms with E-state index in [1.165, 1.54) is 6.08 Å². The van der Waals surface area contributed by atoms with Crippen LogP contribution in [0.25, 0.3) is 6.08 Å². The fraction of sp³-hybridized carbons (Fsp3) is 0.533. The van der Waals surface area contributed by atoms with Crippen LogP contribution in [0.4, 0.5) is 0 Å². The molecule has 0 aromatic carbocycles. The molecular formula is C15H23N3O3. The number of aromatic nitrogens is 2. The smallest absolute Gasteiger partial charge is 0.305 e. The Kier molecular flexibility index (Phi) is 5.69. The zero-order chi connectivity index (χ0) is 16.2. The molecule has 1 aromatic rings. The quantitative estimate of drug-likeness (QED) is 0.811. The summed E-state index contributed by atoms with van der Waals surface area (Å²) in [7, 11) is 1.86. The maximum atomic E-state index is 12.2. The number of nitrogens with zero attached hydrogens (tertiary/aromatic N) is 3. The van der Waals surface area contributed by atoms with E-state index in [-0.39, 0.29) is 18.4 Å². The molecule has 116 valence electrons. The highest BCUT2D eigenvalue weighted by Gasteiger charge is 2.19. The van der Waals surface area contributed by atoms with Gasteiger partial charge in [-0.3, -0.25) is 14.3 Å². The van der Waals surface area contributed by atoms with Gasteiger partial charge in [0.05, 0.1) is 12.1 Å². The Morgan fingerprint density at radius 2 is 2.05 bits per heavy atom. The number of carboxylic acid groups (broad SMARTS) is 1. The number of likely N-dealkylation sites (N-methyl/N-ethyl adjacent to an activating group) is 1. The van der Waals surface area contributed by atoms with Crippen molar-refractivity contribution in [1.82, 2.24) is 14.7 Å². The van der Waals surface area contributed by atoms with Crippen LogP contribution >= 0.6 is 0 Å². The van der Waals surface area contributed by atoms with Gasteiger partial charge in [-0.1, -0.05) is 0 Å². The summed E-state index contributed by atoms with van der Waals surface area (Å²) in [6.45, 7) is 7.88. The van der Waals surface area contributed by atoms with Gasteiger partial charge in [0.1, 0.15) is 0 Å². The third-order valence-corrected chi connectivity index (χ3v) is 3.58. The second-order valence-corrected chi connectivity index (χ2v) is 5.11. The molecule has 1 amide bonds. The van der Waals surface area contributed by atoms with Crippen LogP contribution in [-0.4, -0.2) is 44.3 Å². The average molecular weight is 293 g/mol. The van der Waals surface area contributed by atoms with E-state index in [1.54, 1.807) is 22.6 Å². The molecule has 0 bridgehead atoms. The molecular weight excluding hydrogens is 270 g/mol. The first-order valence-corrected chi connectivity index (χ1v) is 6.98. The third-order valence-electron chi connectivity index (χ3n) is 3.58. The fourth-order valence-electron chi connectivity index (χ4n) is 2.33. The summed E-state index contributed by atoms with van der Waals surface area (Å²) in [5, 5.41) is 13.1. The van der Waals surface area contributed by atoms with Crippen LogP contribution < -0.4 is 0 Å². The van der Waals surface area contributed by atoms with E-state index < -0.39 is 5.97 Å². The molecule has 1 N–H and O–H groups in total. The van der Waals surface area contributed by atoms with Gasteiger partial charge >= 0.3 is 5.97 Å². The first-order valence-electron chi connectivity index (χ1n) is 6.98. The second-order valence-electron chi connectivity index (χ2n) is 5.11. The van der Waals surface area contributed by atoms with Crippen molar-refractivity contribution in [3.8, 4) is 0 Å². The summed E-state index contributed by atoms with van der Waals surface area (Å²) in [5.41, 5.74) is 2.77. The van der Waals surface area contributed by atoms with Gasteiger partial charge in [0.2, 0.25) is 5.91 Å². The van der Waals surface area contributed by atoms with Gasteiger partial charge in [-0.05, 0) is 33.8 Å². The van der Waals surface area contributed by atoms with Gasteiger partial charge in [-0.2, -0.15) is 5.10 Å². The molecule has 1 unspecified atom stereocenters.